The van der Waals surface area contributed by atoms with Gasteiger partial charge in [0.25, 0.3) is 0 Å². The zero-order valence-electron chi connectivity index (χ0n) is 11.7. The minimum Gasteiger partial charge on any atom is -0.338 e. The number of thiophene rings is 1. The highest BCUT2D eigenvalue weighted by molar-refractivity contribution is 7.13. The third-order valence-corrected chi connectivity index (χ3v) is 5.24. The molecule has 2 heterocycles. The van der Waals surface area contributed by atoms with Crippen LogP contribution in [-0.2, 0) is 6.54 Å². The van der Waals surface area contributed by atoms with Gasteiger partial charge in [0, 0.05) is 12.1 Å². The van der Waals surface area contributed by atoms with Gasteiger partial charge in [-0.05, 0) is 50.0 Å². The Kier molecular flexibility index (Phi) is 3.11. The first-order valence-corrected chi connectivity index (χ1v) is 8.31. The molecule has 2 aromatic rings. The number of nitrogens with zero attached hydrogens (tertiary/aromatic N) is 3. The van der Waals surface area contributed by atoms with E-state index in [-0.39, 0.29) is 0 Å². The third-order valence-electron chi connectivity index (χ3n) is 4.37. The van der Waals surface area contributed by atoms with Gasteiger partial charge in [-0.3, -0.25) is 4.90 Å². The van der Waals surface area contributed by atoms with Gasteiger partial charge in [0.1, 0.15) is 0 Å². The Balaban J connectivity index is 1.49. The van der Waals surface area contributed by atoms with Gasteiger partial charge in [-0.1, -0.05) is 11.2 Å². The van der Waals surface area contributed by atoms with E-state index in [1.54, 1.807) is 11.3 Å². The summed E-state index contributed by atoms with van der Waals surface area (Å²) >= 11 is 1.65. The molecule has 4 nitrogen and oxygen atoms in total. The Morgan fingerprint density at radius 2 is 2.25 bits per heavy atom. The SMILES string of the molecule is CC(C1CC1)N(Cc1nc(-c2cccs2)no1)C1CC1. The van der Waals surface area contributed by atoms with E-state index in [1.807, 2.05) is 17.5 Å². The quantitative estimate of drug-likeness (QED) is 0.815. The lowest BCUT2D eigenvalue weighted by molar-refractivity contribution is 0.149. The monoisotopic (exact) mass is 289 g/mol. The van der Waals surface area contributed by atoms with Crippen molar-refractivity contribution >= 4 is 11.3 Å². The van der Waals surface area contributed by atoms with Crippen LogP contribution in [-0.4, -0.2) is 27.1 Å². The standard InChI is InChI=1S/C15H19N3OS/c1-10(11-4-5-11)18(12-6-7-12)9-14-16-15(17-19-14)13-3-2-8-20-13/h2-3,8,10-12H,4-7,9H2,1H3. The van der Waals surface area contributed by atoms with Crippen molar-refractivity contribution in [3.05, 3.63) is 23.4 Å². The van der Waals surface area contributed by atoms with E-state index in [0.717, 1.165) is 35.1 Å². The molecule has 4 rings (SSSR count). The van der Waals surface area contributed by atoms with Crippen LogP contribution in [0.1, 0.15) is 38.5 Å². The molecular formula is C15H19N3OS. The van der Waals surface area contributed by atoms with Crippen LogP contribution in [0.25, 0.3) is 10.7 Å². The second kappa shape index (κ2) is 4.97. The summed E-state index contributed by atoms with van der Waals surface area (Å²) in [5, 5.41) is 6.15. The largest absolute Gasteiger partial charge is 0.338 e. The molecule has 2 aliphatic carbocycles. The molecule has 2 aromatic heterocycles. The molecule has 0 aliphatic heterocycles. The Bertz CT molecular complexity index is 572. The summed E-state index contributed by atoms with van der Waals surface area (Å²) in [5.74, 6) is 2.37. The molecule has 2 aliphatic rings. The normalized spacial score (nSPS) is 20.5. The minimum absolute atomic E-state index is 0.652. The number of hydrogen-bond donors (Lipinski definition) is 0. The molecule has 20 heavy (non-hydrogen) atoms. The van der Waals surface area contributed by atoms with Crippen molar-refractivity contribution in [1.82, 2.24) is 15.0 Å². The minimum atomic E-state index is 0.652. The summed E-state index contributed by atoms with van der Waals surface area (Å²) in [7, 11) is 0. The van der Waals surface area contributed by atoms with Gasteiger partial charge in [0.2, 0.25) is 11.7 Å². The molecule has 0 N–H and O–H groups in total. The number of hydrogen-bond acceptors (Lipinski definition) is 5. The summed E-state index contributed by atoms with van der Waals surface area (Å²) in [5.41, 5.74) is 0. The summed E-state index contributed by atoms with van der Waals surface area (Å²) in [6, 6.07) is 5.44. The predicted octanol–water partition coefficient (Wildman–Crippen LogP) is 3.56. The van der Waals surface area contributed by atoms with Crippen LogP contribution in [0, 0.1) is 5.92 Å². The van der Waals surface area contributed by atoms with Crippen molar-refractivity contribution in [3.8, 4) is 10.7 Å². The van der Waals surface area contributed by atoms with Crippen molar-refractivity contribution in [2.45, 2.75) is 51.2 Å². The van der Waals surface area contributed by atoms with Gasteiger partial charge in [0.05, 0.1) is 11.4 Å². The molecule has 5 heteroatoms. The molecule has 1 unspecified atom stereocenters. The molecule has 0 spiro atoms. The summed E-state index contributed by atoms with van der Waals surface area (Å²) in [4.78, 5) is 8.21. The van der Waals surface area contributed by atoms with Gasteiger partial charge in [-0.2, -0.15) is 4.98 Å². The Hall–Kier alpha value is -1.20. The molecule has 0 saturated heterocycles. The molecule has 0 amide bonds. The van der Waals surface area contributed by atoms with E-state index in [2.05, 4.69) is 22.0 Å². The van der Waals surface area contributed by atoms with E-state index < -0.39 is 0 Å². The number of aromatic nitrogens is 2. The highest BCUT2D eigenvalue weighted by Crippen LogP contribution is 2.40. The van der Waals surface area contributed by atoms with E-state index in [4.69, 9.17) is 4.52 Å². The summed E-state index contributed by atoms with van der Waals surface area (Å²) in [6.45, 7) is 3.16. The van der Waals surface area contributed by atoms with Gasteiger partial charge in [0.15, 0.2) is 0 Å². The van der Waals surface area contributed by atoms with Crippen LogP contribution in [0.5, 0.6) is 0 Å². The lowest BCUT2D eigenvalue weighted by Crippen LogP contribution is -2.36. The maximum atomic E-state index is 5.45. The van der Waals surface area contributed by atoms with Crippen molar-refractivity contribution < 1.29 is 4.52 Å². The van der Waals surface area contributed by atoms with Crippen molar-refractivity contribution in [3.63, 3.8) is 0 Å². The smallest absolute Gasteiger partial charge is 0.241 e. The second-order valence-electron chi connectivity index (χ2n) is 5.97. The van der Waals surface area contributed by atoms with Crippen LogP contribution >= 0.6 is 11.3 Å². The van der Waals surface area contributed by atoms with E-state index >= 15 is 0 Å². The molecule has 0 bridgehead atoms. The Morgan fingerprint density at radius 3 is 2.90 bits per heavy atom. The lowest BCUT2D eigenvalue weighted by Gasteiger charge is -2.27. The van der Waals surface area contributed by atoms with E-state index in [9.17, 15) is 0 Å². The van der Waals surface area contributed by atoms with Crippen LogP contribution in [0.15, 0.2) is 22.0 Å². The lowest BCUT2D eigenvalue weighted by atomic mass is 10.2. The average Bonchev–Trinajstić information content (AvgIpc) is 3.37. The Morgan fingerprint density at radius 1 is 1.40 bits per heavy atom. The summed E-state index contributed by atoms with van der Waals surface area (Å²) in [6.07, 6.45) is 5.41. The molecule has 2 saturated carbocycles. The fourth-order valence-corrected chi connectivity index (χ4v) is 3.49. The first-order chi connectivity index (χ1) is 9.81. The molecule has 106 valence electrons. The van der Waals surface area contributed by atoms with Crippen LogP contribution < -0.4 is 0 Å². The fraction of sp³-hybridized carbons (Fsp3) is 0.600. The first kappa shape index (κ1) is 12.5. The summed E-state index contributed by atoms with van der Waals surface area (Å²) < 4.78 is 5.45. The van der Waals surface area contributed by atoms with Crippen molar-refractivity contribution in [1.29, 1.82) is 0 Å². The maximum absolute atomic E-state index is 5.45. The van der Waals surface area contributed by atoms with E-state index in [1.165, 1.54) is 25.7 Å². The van der Waals surface area contributed by atoms with Crippen LogP contribution in [0.2, 0.25) is 0 Å². The van der Waals surface area contributed by atoms with Crippen molar-refractivity contribution in [2.75, 3.05) is 0 Å². The third kappa shape index (κ3) is 2.52. The molecular weight excluding hydrogens is 270 g/mol. The first-order valence-electron chi connectivity index (χ1n) is 7.43. The highest BCUT2D eigenvalue weighted by Gasteiger charge is 2.39. The maximum Gasteiger partial charge on any atom is 0.241 e. The zero-order valence-corrected chi connectivity index (χ0v) is 12.5. The second-order valence-corrected chi connectivity index (χ2v) is 6.92. The van der Waals surface area contributed by atoms with Gasteiger partial charge >= 0.3 is 0 Å². The Labute approximate surface area is 122 Å². The molecule has 0 radical (unpaired) electrons. The fourth-order valence-electron chi connectivity index (χ4n) is 2.84. The van der Waals surface area contributed by atoms with Crippen molar-refractivity contribution in [2.24, 2.45) is 5.92 Å². The molecule has 2 fully saturated rings. The number of rotatable bonds is 6. The zero-order chi connectivity index (χ0) is 13.5. The van der Waals surface area contributed by atoms with Gasteiger partial charge < -0.3 is 4.52 Å². The van der Waals surface area contributed by atoms with Gasteiger partial charge in [-0.15, -0.1) is 11.3 Å². The predicted molar refractivity (Wildman–Crippen MR) is 78.4 cm³/mol. The molecule has 1 atom stereocenters. The van der Waals surface area contributed by atoms with Crippen LogP contribution in [0.3, 0.4) is 0 Å². The van der Waals surface area contributed by atoms with E-state index in [0.29, 0.717) is 6.04 Å². The topological polar surface area (TPSA) is 42.2 Å². The van der Waals surface area contributed by atoms with Crippen LogP contribution in [0.4, 0.5) is 0 Å². The molecule has 0 aromatic carbocycles. The average molecular weight is 289 g/mol. The van der Waals surface area contributed by atoms with Gasteiger partial charge in [-0.25, -0.2) is 0 Å². The highest BCUT2D eigenvalue weighted by atomic mass is 32.1.